The Labute approximate surface area is 125 Å². The second-order valence-electron chi connectivity index (χ2n) is 4.84. The molecule has 1 aromatic carbocycles. The van der Waals surface area contributed by atoms with Crippen LogP contribution in [0.2, 0.25) is 0 Å². The summed E-state index contributed by atoms with van der Waals surface area (Å²) in [6.07, 6.45) is 1.88. The molecule has 0 aliphatic carbocycles. The molecule has 5 heteroatoms. The fraction of sp³-hybridized carbons (Fsp3) is 0.625. The van der Waals surface area contributed by atoms with Gasteiger partial charge in [0.25, 0.3) is 0 Å². The Morgan fingerprint density at radius 3 is 2.52 bits per heavy atom. The Morgan fingerprint density at radius 1 is 1.05 bits per heavy atom. The summed E-state index contributed by atoms with van der Waals surface area (Å²) in [7, 11) is 0. The van der Waals surface area contributed by atoms with Crippen LogP contribution < -0.4 is 5.32 Å². The number of halogens is 2. The first-order valence-electron chi connectivity index (χ1n) is 7.53. The lowest BCUT2D eigenvalue weighted by Crippen LogP contribution is -2.28. The SMILES string of the molecule is CCCNC(COCCOCCC)c1cccc(F)c1F. The summed E-state index contributed by atoms with van der Waals surface area (Å²) in [4.78, 5) is 0. The molecule has 0 radical (unpaired) electrons. The molecular formula is C16H25F2NO2. The molecule has 0 spiro atoms. The number of nitrogens with one attached hydrogen (secondary N) is 1. The third kappa shape index (κ3) is 6.50. The number of hydrogen-bond acceptors (Lipinski definition) is 3. The van der Waals surface area contributed by atoms with E-state index in [-0.39, 0.29) is 12.6 Å². The quantitative estimate of drug-likeness (QED) is 0.635. The Bertz CT molecular complexity index is 402. The van der Waals surface area contributed by atoms with Crippen molar-refractivity contribution in [2.45, 2.75) is 32.7 Å². The highest BCUT2D eigenvalue weighted by molar-refractivity contribution is 5.22. The van der Waals surface area contributed by atoms with Crippen molar-refractivity contribution >= 4 is 0 Å². The van der Waals surface area contributed by atoms with E-state index < -0.39 is 11.6 Å². The van der Waals surface area contributed by atoms with Gasteiger partial charge in [0.05, 0.1) is 25.9 Å². The molecule has 0 amide bonds. The van der Waals surface area contributed by atoms with Gasteiger partial charge >= 0.3 is 0 Å². The zero-order valence-corrected chi connectivity index (χ0v) is 12.8. The van der Waals surface area contributed by atoms with Crippen LogP contribution in [-0.2, 0) is 9.47 Å². The fourth-order valence-corrected chi connectivity index (χ4v) is 1.93. The molecule has 0 saturated heterocycles. The van der Waals surface area contributed by atoms with Crippen molar-refractivity contribution in [3.8, 4) is 0 Å². The number of ether oxygens (including phenoxy) is 2. The summed E-state index contributed by atoms with van der Waals surface area (Å²) >= 11 is 0. The van der Waals surface area contributed by atoms with E-state index in [0.717, 1.165) is 25.5 Å². The molecular weight excluding hydrogens is 276 g/mol. The summed E-state index contributed by atoms with van der Waals surface area (Å²) in [5, 5.41) is 3.18. The maximum Gasteiger partial charge on any atom is 0.163 e. The van der Waals surface area contributed by atoms with Crippen LogP contribution in [0.1, 0.15) is 38.3 Å². The average Bonchev–Trinajstić information content (AvgIpc) is 2.49. The van der Waals surface area contributed by atoms with Crippen molar-refractivity contribution in [2.75, 3.05) is 33.0 Å². The maximum absolute atomic E-state index is 13.9. The van der Waals surface area contributed by atoms with Crippen molar-refractivity contribution < 1.29 is 18.3 Å². The molecule has 0 aliphatic heterocycles. The van der Waals surface area contributed by atoms with Gasteiger partial charge in [0, 0.05) is 12.2 Å². The van der Waals surface area contributed by atoms with Gasteiger partial charge < -0.3 is 14.8 Å². The molecule has 0 aromatic heterocycles. The van der Waals surface area contributed by atoms with E-state index in [9.17, 15) is 8.78 Å². The van der Waals surface area contributed by atoms with E-state index in [0.29, 0.717) is 25.4 Å². The molecule has 0 fully saturated rings. The molecule has 0 saturated carbocycles. The van der Waals surface area contributed by atoms with Gasteiger partial charge in [-0.2, -0.15) is 0 Å². The molecule has 1 atom stereocenters. The summed E-state index contributed by atoms with van der Waals surface area (Å²) in [6.45, 7) is 6.73. The lowest BCUT2D eigenvalue weighted by atomic mass is 10.1. The third-order valence-electron chi connectivity index (χ3n) is 3.00. The van der Waals surface area contributed by atoms with Crippen LogP contribution in [0.15, 0.2) is 18.2 Å². The minimum Gasteiger partial charge on any atom is -0.379 e. The predicted molar refractivity (Wildman–Crippen MR) is 79.3 cm³/mol. The predicted octanol–water partition coefficient (Wildman–Crippen LogP) is 3.45. The molecule has 1 rings (SSSR count). The molecule has 120 valence electrons. The van der Waals surface area contributed by atoms with Gasteiger partial charge in [0.15, 0.2) is 11.6 Å². The molecule has 1 aromatic rings. The van der Waals surface area contributed by atoms with Crippen molar-refractivity contribution in [1.82, 2.24) is 5.32 Å². The Morgan fingerprint density at radius 2 is 1.81 bits per heavy atom. The van der Waals surface area contributed by atoms with Crippen molar-refractivity contribution in [2.24, 2.45) is 0 Å². The smallest absolute Gasteiger partial charge is 0.163 e. The Hall–Kier alpha value is -1.04. The summed E-state index contributed by atoms with van der Waals surface area (Å²) in [5.41, 5.74) is 0.304. The van der Waals surface area contributed by atoms with Gasteiger partial charge in [-0.15, -0.1) is 0 Å². The van der Waals surface area contributed by atoms with Crippen molar-refractivity contribution in [1.29, 1.82) is 0 Å². The first-order valence-corrected chi connectivity index (χ1v) is 7.53. The zero-order valence-electron chi connectivity index (χ0n) is 12.8. The van der Waals surface area contributed by atoms with Crippen molar-refractivity contribution in [3.63, 3.8) is 0 Å². The maximum atomic E-state index is 13.9. The highest BCUT2D eigenvalue weighted by Gasteiger charge is 2.17. The summed E-state index contributed by atoms with van der Waals surface area (Å²) < 4.78 is 38.0. The van der Waals surface area contributed by atoms with Crippen LogP contribution in [0.5, 0.6) is 0 Å². The number of rotatable bonds is 11. The molecule has 1 unspecified atom stereocenters. The average molecular weight is 301 g/mol. The minimum absolute atomic E-state index is 0.288. The van der Waals surface area contributed by atoms with Crippen LogP contribution >= 0.6 is 0 Å². The van der Waals surface area contributed by atoms with Gasteiger partial charge in [-0.1, -0.05) is 26.0 Å². The molecule has 3 nitrogen and oxygen atoms in total. The summed E-state index contributed by atoms with van der Waals surface area (Å²) in [5.74, 6) is -1.64. The second-order valence-corrected chi connectivity index (χ2v) is 4.84. The van der Waals surface area contributed by atoms with Gasteiger partial charge in [0.2, 0.25) is 0 Å². The highest BCUT2D eigenvalue weighted by atomic mass is 19.2. The number of benzene rings is 1. The Kier molecular flexibility index (Phi) is 9.14. The normalized spacial score (nSPS) is 12.6. The molecule has 21 heavy (non-hydrogen) atoms. The fourth-order valence-electron chi connectivity index (χ4n) is 1.93. The lowest BCUT2D eigenvalue weighted by Gasteiger charge is -2.20. The van der Waals surface area contributed by atoms with Crippen LogP contribution in [0, 0.1) is 11.6 Å². The molecule has 0 bridgehead atoms. The third-order valence-corrected chi connectivity index (χ3v) is 3.00. The van der Waals surface area contributed by atoms with Gasteiger partial charge in [0.1, 0.15) is 0 Å². The standard InChI is InChI=1S/C16H25F2NO2/c1-3-8-19-15(12-21-11-10-20-9-4-2)13-6-5-7-14(17)16(13)18/h5-7,15,19H,3-4,8-12H2,1-2H3. The first kappa shape index (κ1) is 18.0. The van der Waals surface area contributed by atoms with Crippen LogP contribution in [-0.4, -0.2) is 33.0 Å². The second kappa shape index (κ2) is 10.7. The van der Waals surface area contributed by atoms with E-state index in [4.69, 9.17) is 9.47 Å². The van der Waals surface area contributed by atoms with Gasteiger partial charge in [-0.05, 0) is 25.5 Å². The lowest BCUT2D eigenvalue weighted by molar-refractivity contribution is 0.0387. The first-order chi connectivity index (χ1) is 10.2. The monoisotopic (exact) mass is 301 g/mol. The van der Waals surface area contributed by atoms with E-state index in [1.54, 1.807) is 6.07 Å². The largest absolute Gasteiger partial charge is 0.379 e. The van der Waals surface area contributed by atoms with E-state index in [2.05, 4.69) is 5.32 Å². The van der Waals surface area contributed by atoms with E-state index in [1.807, 2.05) is 13.8 Å². The van der Waals surface area contributed by atoms with Crippen LogP contribution in [0.25, 0.3) is 0 Å². The van der Waals surface area contributed by atoms with Crippen molar-refractivity contribution in [3.05, 3.63) is 35.4 Å². The molecule has 0 heterocycles. The van der Waals surface area contributed by atoms with Gasteiger partial charge in [-0.25, -0.2) is 8.78 Å². The molecule has 0 aliphatic rings. The molecule has 1 N–H and O–H groups in total. The van der Waals surface area contributed by atoms with E-state index >= 15 is 0 Å². The van der Waals surface area contributed by atoms with Crippen LogP contribution in [0.4, 0.5) is 8.78 Å². The minimum atomic E-state index is -0.831. The number of hydrogen-bond donors (Lipinski definition) is 1. The van der Waals surface area contributed by atoms with E-state index in [1.165, 1.54) is 6.07 Å². The zero-order chi connectivity index (χ0) is 15.5. The summed E-state index contributed by atoms with van der Waals surface area (Å²) in [6, 6.07) is 3.86. The topological polar surface area (TPSA) is 30.5 Å². The Balaban J connectivity index is 2.53. The van der Waals surface area contributed by atoms with Crippen LogP contribution in [0.3, 0.4) is 0 Å². The highest BCUT2D eigenvalue weighted by Crippen LogP contribution is 2.19. The van der Waals surface area contributed by atoms with Gasteiger partial charge in [-0.3, -0.25) is 0 Å².